The van der Waals surface area contributed by atoms with Crippen LogP contribution in [0.5, 0.6) is 11.5 Å². The molecule has 0 radical (unpaired) electrons. The zero-order chi connectivity index (χ0) is 28.4. The lowest BCUT2D eigenvalue weighted by Gasteiger charge is -2.35. The van der Waals surface area contributed by atoms with E-state index in [4.69, 9.17) is 9.47 Å². The second-order valence-corrected chi connectivity index (χ2v) is 10.2. The van der Waals surface area contributed by atoms with E-state index in [0.717, 1.165) is 0 Å². The number of ether oxygens (including phenoxy) is 2. The standard InChI is InChI=1S/C29H30N6O5/c1-5-29(3,4)31-28(38)27(19-10-12-30-13-11-19)35(23-15-25-24(39-17-40-25)14-20(23)18(2)36)26(37)16-34-22-9-7-6-8-21(22)32-33-34/h6-15,27H,5,16-17H2,1-4H3,(H,31,38)/t27-/m0/s1. The minimum atomic E-state index is -1.14. The molecule has 1 N–H and O–H groups in total. The van der Waals surface area contributed by atoms with Crippen molar-refractivity contribution in [1.82, 2.24) is 25.3 Å². The quantitative estimate of drug-likeness (QED) is 0.316. The van der Waals surface area contributed by atoms with Gasteiger partial charge in [-0.15, -0.1) is 5.10 Å². The van der Waals surface area contributed by atoms with Crippen LogP contribution in [0.15, 0.2) is 60.9 Å². The van der Waals surface area contributed by atoms with Crippen LogP contribution in [0.25, 0.3) is 11.0 Å². The number of nitrogens with one attached hydrogen (secondary N) is 1. The van der Waals surface area contributed by atoms with Gasteiger partial charge >= 0.3 is 0 Å². The Kier molecular flexibility index (Phi) is 7.20. The van der Waals surface area contributed by atoms with Crippen LogP contribution in [0.1, 0.15) is 56.1 Å². The molecule has 0 bridgehead atoms. The number of carbonyl (C=O) groups excluding carboxylic acids is 3. The summed E-state index contributed by atoms with van der Waals surface area (Å²) in [7, 11) is 0. The number of aromatic nitrogens is 4. The summed E-state index contributed by atoms with van der Waals surface area (Å²) in [6.07, 6.45) is 3.77. The molecule has 2 amide bonds. The summed E-state index contributed by atoms with van der Waals surface area (Å²) >= 11 is 0. The smallest absolute Gasteiger partial charge is 0.249 e. The van der Waals surface area contributed by atoms with E-state index in [0.29, 0.717) is 34.5 Å². The van der Waals surface area contributed by atoms with Crippen LogP contribution in [-0.4, -0.2) is 49.9 Å². The van der Waals surface area contributed by atoms with E-state index >= 15 is 0 Å². The van der Waals surface area contributed by atoms with Gasteiger partial charge in [0.2, 0.25) is 18.6 Å². The molecule has 2 aromatic carbocycles. The average molecular weight is 543 g/mol. The third-order valence-corrected chi connectivity index (χ3v) is 6.98. The van der Waals surface area contributed by atoms with Crippen LogP contribution < -0.4 is 19.7 Å². The molecular formula is C29H30N6O5. The predicted octanol–water partition coefficient (Wildman–Crippen LogP) is 3.84. The first-order chi connectivity index (χ1) is 19.2. The highest BCUT2D eigenvalue weighted by Gasteiger charge is 2.38. The van der Waals surface area contributed by atoms with Crippen molar-refractivity contribution in [3.05, 3.63) is 72.1 Å². The Bertz CT molecular complexity index is 1580. The van der Waals surface area contributed by atoms with Gasteiger partial charge in [-0.3, -0.25) is 24.3 Å². The fraction of sp³-hybridized carbons (Fsp3) is 0.310. The van der Waals surface area contributed by atoms with Gasteiger partial charge in [0.15, 0.2) is 17.3 Å². The molecule has 0 unspecified atom stereocenters. The van der Waals surface area contributed by atoms with Gasteiger partial charge in [0.05, 0.1) is 11.2 Å². The summed E-state index contributed by atoms with van der Waals surface area (Å²) in [4.78, 5) is 46.8. The number of Topliss-reactive ketones (excluding diaryl/α,β-unsaturated/α-hetero) is 1. The Hall–Kier alpha value is -4.80. The van der Waals surface area contributed by atoms with Crippen LogP contribution in [0, 0.1) is 0 Å². The van der Waals surface area contributed by atoms with Gasteiger partial charge in [0, 0.05) is 29.6 Å². The first-order valence-corrected chi connectivity index (χ1v) is 13.0. The fourth-order valence-electron chi connectivity index (χ4n) is 4.52. The van der Waals surface area contributed by atoms with Gasteiger partial charge in [-0.2, -0.15) is 0 Å². The van der Waals surface area contributed by atoms with E-state index in [2.05, 4.69) is 20.6 Å². The molecule has 5 rings (SSSR count). The summed E-state index contributed by atoms with van der Waals surface area (Å²) in [6.45, 7) is 6.92. The van der Waals surface area contributed by atoms with Gasteiger partial charge in [-0.05, 0) is 63.1 Å². The SMILES string of the molecule is CCC(C)(C)NC(=O)[C@H](c1ccncc1)N(C(=O)Cn1nnc2ccccc21)c1cc2c(cc1C(C)=O)OCO2. The number of fused-ring (bicyclic) bond motifs is 2. The lowest BCUT2D eigenvalue weighted by Crippen LogP contribution is -2.51. The molecule has 40 heavy (non-hydrogen) atoms. The normalized spacial score (nSPS) is 13.2. The van der Waals surface area contributed by atoms with Crippen molar-refractivity contribution < 1.29 is 23.9 Å². The van der Waals surface area contributed by atoms with E-state index in [9.17, 15) is 14.4 Å². The van der Waals surface area contributed by atoms with E-state index < -0.39 is 23.4 Å². The Morgan fingerprint density at radius 3 is 2.48 bits per heavy atom. The predicted molar refractivity (Wildman–Crippen MR) is 147 cm³/mol. The number of pyridine rings is 1. The number of rotatable bonds is 9. The highest BCUT2D eigenvalue weighted by atomic mass is 16.7. The van der Waals surface area contributed by atoms with Crippen LogP contribution in [-0.2, 0) is 16.1 Å². The molecular weight excluding hydrogens is 512 g/mol. The van der Waals surface area contributed by atoms with Crippen LogP contribution in [0.4, 0.5) is 5.69 Å². The van der Waals surface area contributed by atoms with Crippen LogP contribution in [0.3, 0.4) is 0 Å². The summed E-state index contributed by atoms with van der Waals surface area (Å²) in [5.74, 6) is -0.446. The Balaban J connectivity index is 1.69. The molecule has 0 spiro atoms. The number of hydrogen-bond donors (Lipinski definition) is 1. The number of amides is 2. The number of benzene rings is 2. The van der Waals surface area contributed by atoms with Crippen LogP contribution in [0.2, 0.25) is 0 Å². The minimum Gasteiger partial charge on any atom is -0.454 e. The maximum Gasteiger partial charge on any atom is 0.249 e. The monoisotopic (exact) mass is 542 g/mol. The number of nitrogens with zero attached hydrogens (tertiary/aromatic N) is 5. The maximum absolute atomic E-state index is 14.3. The molecule has 1 aliphatic heterocycles. The molecule has 1 atom stereocenters. The van der Waals surface area contributed by atoms with Gasteiger partial charge in [0.1, 0.15) is 18.1 Å². The Morgan fingerprint density at radius 1 is 1.07 bits per heavy atom. The number of anilines is 1. The van der Waals surface area contributed by atoms with Crippen molar-refractivity contribution in [2.24, 2.45) is 0 Å². The van der Waals surface area contributed by atoms with Gasteiger partial charge in [0.25, 0.3) is 0 Å². The second-order valence-electron chi connectivity index (χ2n) is 10.2. The third-order valence-electron chi connectivity index (χ3n) is 6.98. The average Bonchev–Trinajstić information content (AvgIpc) is 3.57. The molecule has 11 nitrogen and oxygen atoms in total. The number of ketones is 1. The third kappa shape index (κ3) is 5.22. The first-order valence-electron chi connectivity index (χ1n) is 13.0. The van der Waals surface area contributed by atoms with E-state index in [-0.39, 0.29) is 30.4 Å². The fourth-order valence-corrected chi connectivity index (χ4v) is 4.52. The zero-order valence-corrected chi connectivity index (χ0v) is 22.7. The molecule has 206 valence electrons. The maximum atomic E-state index is 14.3. The lowest BCUT2D eigenvalue weighted by atomic mass is 9.97. The molecule has 0 saturated heterocycles. The molecule has 0 fully saturated rings. The Labute approximate surface area is 231 Å². The Morgan fingerprint density at radius 2 is 1.77 bits per heavy atom. The molecule has 2 aromatic heterocycles. The lowest BCUT2D eigenvalue weighted by molar-refractivity contribution is -0.128. The molecule has 1 aliphatic rings. The van der Waals surface area contributed by atoms with E-state index in [1.165, 1.54) is 16.5 Å². The van der Waals surface area contributed by atoms with E-state index in [1.807, 2.05) is 39.0 Å². The largest absolute Gasteiger partial charge is 0.454 e. The van der Waals surface area contributed by atoms with Gasteiger partial charge < -0.3 is 14.8 Å². The minimum absolute atomic E-state index is 0.0199. The van der Waals surface area contributed by atoms with Crippen LogP contribution >= 0.6 is 0 Å². The molecule has 4 aromatic rings. The van der Waals surface area contributed by atoms with Gasteiger partial charge in [-0.1, -0.05) is 24.3 Å². The topological polar surface area (TPSA) is 129 Å². The van der Waals surface area contributed by atoms with E-state index in [1.54, 1.807) is 42.7 Å². The highest BCUT2D eigenvalue weighted by Crippen LogP contribution is 2.41. The summed E-state index contributed by atoms with van der Waals surface area (Å²) < 4.78 is 12.6. The molecule has 3 heterocycles. The first kappa shape index (κ1) is 26.8. The van der Waals surface area contributed by atoms with Crippen molar-refractivity contribution in [3.8, 4) is 11.5 Å². The van der Waals surface area contributed by atoms with Crippen molar-refractivity contribution in [3.63, 3.8) is 0 Å². The summed E-state index contributed by atoms with van der Waals surface area (Å²) in [5, 5.41) is 11.4. The number of hydrogen-bond acceptors (Lipinski definition) is 8. The zero-order valence-electron chi connectivity index (χ0n) is 22.7. The van der Waals surface area contributed by atoms with Crippen molar-refractivity contribution in [2.45, 2.75) is 52.2 Å². The van der Waals surface area contributed by atoms with Gasteiger partial charge in [-0.25, -0.2) is 4.68 Å². The second kappa shape index (κ2) is 10.8. The van der Waals surface area contributed by atoms with Crippen molar-refractivity contribution in [1.29, 1.82) is 0 Å². The summed E-state index contributed by atoms with van der Waals surface area (Å²) in [6, 6.07) is 12.6. The summed E-state index contributed by atoms with van der Waals surface area (Å²) in [5.41, 5.74) is 1.67. The van der Waals surface area contributed by atoms with Crippen molar-refractivity contribution in [2.75, 3.05) is 11.7 Å². The number of para-hydroxylation sites is 1. The number of carbonyl (C=O) groups is 3. The molecule has 11 heteroatoms. The van der Waals surface area contributed by atoms with Crippen molar-refractivity contribution >= 4 is 34.3 Å². The molecule has 0 saturated carbocycles. The molecule has 0 aliphatic carbocycles. The highest BCUT2D eigenvalue weighted by molar-refractivity contribution is 6.08.